The van der Waals surface area contributed by atoms with Crippen LogP contribution in [0.25, 0.3) is 0 Å². The molecule has 0 aliphatic heterocycles. The summed E-state index contributed by atoms with van der Waals surface area (Å²) in [6.45, 7) is 0. The largest absolute Gasteiger partial charge is 0.545 e. The van der Waals surface area contributed by atoms with Gasteiger partial charge in [-0.25, -0.2) is 0 Å². The summed E-state index contributed by atoms with van der Waals surface area (Å²) in [6.07, 6.45) is -0.593. The van der Waals surface area contributed by atoms with Crippen LogP contribution in [0.3, 0.4) is 0 Å². The van der Waals surface area contributed by atoms with Crippen LogP contribution < -0.4 is 10.2 Å². The highest BCUT2D eigenvalue weighted by atomic mass is 16.4. The van der Waals surface area contributed by atoms with Gasteiger partial charge in [-0.05, 0) is 17.2 Å². The second kappa shape index (κ2) is 4.43. The van der Waals surface area contributed by atoms with Gasteiger partial charge in [0.25, 0.3) is 0 Å². The van der Waals surface area contributed by atoms with Gasteiger partial charge in [-0.1, -0.05) is 12.1 Å². The van der Waals surface area contributed by atoms with E-state index in [0.717, 1.165) is 18.2 Å². The van der Waals surface area contributed by atoms with Crippen LogP contribution in [0.5, 0.6) is 0 Å². The standard InChI is InChI=1S/C10H8O6/c11-8(12)4-6-3-5(9(13)14)1-2-7(6)10(15)16/h1-3H,4H2,(H,11,12)(H,13,14)(H,15,16)/p-2. The molecule has 84 valence electrons. The summed E-state index contributed by atoms with van der Waals surface area (Å²) in [5.74, 6) is -4.32. The van der Waals surface area contributed by atoms with E-state index >= 15 is 0 Å². The lowest BCUT2D eigenvalue weighted by atomic mass is 10.0. The highest BCUT2D eigenvalue weighted by Gasteiger charge is 2.09. The zero-order valence-electron chi connectivity index (χ0n) is 7.93. The quantitative estimate of drug-likeness (QED) is 0.632. The molecule has 0 spiro atoms. The molecule has 16 heavy (non-hydrogen) atoms. The van der Waals surface area contributed by atoms with Crippen molar-refractivity contribution in [3.8, 4) is 0 Å². The molecule has 0 saturated carbocycles. The Morgan fingerprint density at radius 3 is 2.19 bits per heavy atom. The molecule has 0 radical (unpaired) electrons. The van der Waals surface area contributed by atoms with E-state index in [1.54, 1.807) is 0 Å². The van der Waals surface area contributed by atoms with Crippen LogP contribution >= 0.6 is 0 Å². The Morgan fingerprint density at radius 2 is 1.75 bits per heavy atom. The zero-order chi connectivity index (χ0) is 12.3. The first-order valence-corrected chi connectivity index (χ1v) is 4.19. The highest BCUT2D eigenvalue weighted by Crippen LogP contribution is 2.12. The maximum absolute atomic E-state index is 10.6. The fraction of sp³-hybridized carbons (Fsp3) is 0.100. The second-order valence-corrected chi connectivity index (χ2v) is 3.02. The fourth-order valence-electron chi connectivity index (χ4n) is 1.23. The lowest BCUT2D eigenvalue weighted by molar-refractivity contribution is -0.256. The van der Waals surface area contributed by atoms with Crippen LogP contribution in [-0.2, 0) is 11.2 Å². The van der Waals surface area contributed by atoms with Gasteiger partial charge in [0, 0.05) is 5.56 Å². The number of carbonyl (C=O) groups is 3. The van der Waals surface area contributed by atoms with Crippen LogP contribution in [0, 0.1) is 0 Å². The number of benzene rings is 1. The topological polar surface area (TPSA) is 118 Å². The average molecular weight is 222 g/mol. The first-order chi connectivity index (χ1) is 7.41. The van der Waals surface area contributed by atoms with Gasteiger partial charge in [0.2, 0.25) is 0 Å². The zero-order valence-corrected chi connectivity index (χ0v) is 7.93. The Labute approximate surface area is 89.8 Å². The lowest BCUT2D eigenvalue weighted by Crippen LogP contribution is -2.26. The molecule has 6 nitrogen and oxygen atoms in total. The molecule has 1 rings (SSSR count). The van der Waals surface area contributed by atoms with Crippen molar-refractivity contribution in [2.24, 2.45) is 0 Å². The second-order valence-electron chi connectivity index (χ2n) is 3.02. The van der Waals surface area contributed by atoms with Crippen molar-refractivity contribution in [3.63, 3.8) is 0 Å². The Kier molecular flexibility index (Phi) is 3.24. The summed E-state index contributed by atoms with van der Waals surface area (Å²) in [6, 6.07) is 2.96. The van der Waals surface area contributed by atoms with E-state index < -0.39 is 24.3 Å². The van der Waals surface area contributed by atoms with Crippen molar-refractivity contribution >= 4 is 17.9 Å². The number of rotatable bonds is 4. The van der Waals surface area contributed by atoms with E-state index in [9.17, 15) is 24.6 Å². The summed E-state index contributed by atoms with van der Waals surface area (Å²) in [7, 11) is 0. The van der Waals surface area contributed by atoms with E-state index in [-0.39, 0.29) is 16.7 Å². The molecule has 0 heterocycles. The Bertz CT molecular complexity index is 462. The van der Waals surface area contributed by atoms with E-state index in [2.05, 4.69) is 0 Å². The molecule has 1 aromatic carbocycles. The minimum absolute atomic E-state index is 0.130. The Balaban J connectivity index is 3.26. The third kappa shape index (κ3) is 2.57. The van der Waals surface area contributed by atoms with Crippen LogP contribution in [-0.4, -0.2) is 23.0 Å². The molecule has 0 unspecified atom stereocenters. The molecule has 0 amide bonds. The summed E-state index contributed by atoms with van der Waals surface area (Å²) >= 11 is 0. The Morgan fingerprint density at radius 1 is 1.12 bits per heavy atom. The number of aliphatic carboxylic acids is 1. The van der Waals surface area contributed by atoms with Crippen molar-refractivity contribution in [1.29, 1.82) is 0 Å². The molecular weight excluding hydrogens is 216 g/mol. The molecule has 0 aliphatic carbocycles. The first kappa shape index (κ1) is 11.7. The molecule has 0 fully saturated rings. The summed E-state index contributed by atoms with van der Waals surface area (Å²) in [5.41, 5.74) is -0.747. The molecule has 0 atom stereocenters. The molecule has 0 bridgehead atoms. The molecule has 1 aromatic rings. The Hall–Kier alpha value is -2.37. The normalized spacial score (nSPS) is 9.75. The van der Waals surface area contributed by atoms with Gasteiger partial charge in [-0.15, -0.1) is 0 Å². The van der Waals surface area contributed by atoms with Crippen LogP contribution in [0.2, 0.25) is 0 Å². The first-order valence-electron chi connectivity index (χ1n) is 4.19. The molecule has 6 heteroatoms. The molecular formula is C10H6O6-2. The fourth-order valence-corrected chi connectivity index (χ4v) is 1.23. The number of carboxylic acids is 3. The monoisotopic (exact) mass is 222 g/mol. The number of carboxylic acid groups (broad SMARTS) is 3. The maximum Gasteiger partial charge on any atom is 0.307 e. The van der Waals surface area contributed by atoms with Crippen molar-refractivity contribution in [2.45, 2.75) is 6.42 Å². The van der Waals surface area contributed by atoms with Gasteiger partial charge in [-0.2, -0.15) is 0 Å². The van der Waals surface area contributed by atoms with E-state index in [1.165, 1.54) is 0 Å². The maximum atomic E-state index is 10.6. The van der Waals surface area contributed by atoms with Crippen LogP contribution in [0.1, 0.15) is 26.3 Å². The van der Waals surface area contributed by atoms with Gasteiger partial charge >= 0.3 is 5.97 Å². The van der Waals surface area contributed by atoms with Crippen LogP contribution in [0.15, 0.2) is 18.2 Å². The minimum Gasteiger partial charge on any atom is -0.545 e. The summed E-state index contributed by atoms with van der Waals surface area (Å²) in [4.78, 5) is 31.6. The van der Waals surface area contributed by atoms with Gasteiger partial charge in [0.15, 0.2) is 0 Å². The smallest absolute Gasteiger partial charge is 0.307 e. The molecule has 1 N–H and O–H groups in total. The van der Waals surface area contributed by atoms with E-state index in [4.69, 9.17) is 5.11 Å². The lowest BCUT2D eigenvalue weighted by Gasteiger charge is -2.11. The van der Waals surface area contributed by atoms with Crippen molar-refractivity contribution in [2.75, 3.05) is 0 Å². The third-order valence-corrected chi connectivity index (χ3v) is 1.90. The van der Waals surface area contributed by atoms with E-state index in [1.807, 2.05) is 0 Å². The van der Waals surface area contributed by atoms with Crippen LogP contribution in [0.4, 0.5) is 0 Å². The molecule has 0 saturated heterocycles. The highest BCUT2D eigenvalue weighted by molar-refractivity contribution is 5.92. The van der Waals surface area contributed by atoms with Crippen molar-refractivity contribution in [3.05, 3.63) is 34.9 Å². The average Bonchev–Trinajstić information content (AvgIpc) is 2.15. The third-order valence-electron chi connectivity index (χ3n) is 1.90. The molecule has 0 aliphatic rings. The SMILES string of the molecule is O=C(O)Cc1cc(C(=O)[O-])ccc1C(=O)[O-]. The minimum atomic E-state index is -1.55. The number of carbonyl (C=O) groups excluding carboxylic acids is 2. The van der Waals surface area contributed by atoms with Gasteiger partial charge in [-0.3, -0.25) is 4.79 Å². The predicted molar refractivity (Wildman–Crippen MR) is 46.4 cm³/mol. The molecule has 0 aromatic heterocycles. The van der Waals surface area contributed by atoms with Crippen molar-refractivity contribution < 1.29 is 29.7 Å². The number of hydrogen-bond acceptors (Lipinski definition) is 5. The number of aromatic carboxylic acids is 2. The summed E-state index contributed by atoms with van der Waals surface area (Å²) in [5, 5.41) is 29.6. The van der Waals surface area contributed by atoms with Gasteiger partial charge in [0.1, 0.15) is 0 Å². The van der Waals surface area contributed by atoms with E-state index in [0.29, 0.717) is 0 Å². The van der Waals surface area contributed by atoms with Crippen molar-refractivity contribution in [1.82, 2.24) is 0 Å². The number of hydrogen-bond donors (Lipinski definition) is 1. The van der Waals surface area contributed by atoms with Gasteiger partial charge in [0.05, 0.1) is 18.4 Å². The predicted octanol–water partition coefficient (Wildman–Crippen LogP) is -1.96. The summed E-state index contributed by atoms with van der Waals surface area (Å²) < 4.78 is 0. The van der Waals surface area contributed by atoms with Gasteiger partial charge < -0.3 is 24.9 Å².